The summed E-state index contributed by atoms with van der Waals surface area (Å²) in [6.07, 6.45) is 0. The number of aliphatic hydroxyl groups is 1. The van der Waals surface area contributed by atoms with Crippen molar-refractivity contribution in [1.82, 2.24) is 0 Å². The van der Waals surface area contributed by atoms with E-state index in [0.29, 0.717) is 11.1 Å². The lowest BCUT2D eigenvalue weighted by atomic mass is 9.91. The van der Waals surface area contributed by atoms with E-state index in [1.165, 1.54) is 12.1 Å². The first-order chi connectivity index (χ1) is 11.6. The Balaban J connectivity index is 2.22. The monoisotopic (exact) mass is 319 g/mol. The molecule has 3 aromatic carbocycles. The highest BCUT2D eigenvalue weighted by Crippen LogP contribution is 2.36. The van der Waals surface area contributed by atoms with Gasteiger partial charge in [-0.05, 0) is 64.2 Å². The summed E-state index contributed by atoms with van der Waals surface area (Å²) in [4.78, 5) is 0. The van der Waals surface area contributed by atoms with Gasteiger partial charge >= 0.3 is 0 Å². The van der Waals surface area contributed by atoms with E-state index in [1.54, 1.807) is 48.5 Å². The Kier molecular flexibility index (Phi) is 4.28. The second-order valence-electron chi connectivity index (χ2n) is 5.38. The van der Waals surface area contributed by atoms with Crippen LogP contribution < -0.4 is 0 Å². The number of phenols is 1. The fraction of sp³-hybridized carbons (Fsp3) is 0.0500. The molecule has 0 bridgehead atoms. The molecule has 0 heterocycles. The molecule has 0 spiro atoms. The Bertz CT molecular complexity index is 927. The molecule has 0 aliphatic heterocycles. The van der Waals surface area contributed by atoms with Crippen molar-refractivity contribution in [2.24, 2.45) is 0 Å². The highest BCUT2D eigenvalue weighted by molar-refractivity contribution is 5.86. The minimum Gasteiger partial charge on any atom is -0.508 e. The average Bonchev–Trinajstić information content (AvgIpc) is 2.62. The predicted molar refractivity (Wildman–Crippen MR) is 89.6 cm³/mol. The molecule has 4 heteroatoms. The maximum absolute atomic E-state index is 13.2. The van der Waals surface area contributed by atoms with Gasteiger partial charge in [-0.15, -0.1) is 0 Å². The van der Waals surface area contributed by atoms with Crippen LogP contribution in [0.3, 0.4) is 0 Å². The summed E-state index contributed by atoms with van der Waals surface area (Å²) >= 11 is 0. The van der Waals surface area contributed by atoms with Crippen LogP contribution in [0.15, 0.2) is 60.7 Å². The Morgan fingerprint density at radius 2 is 1.58 bits per heavy atom. The molecular weight excluding hydrogens is 305 g/mol. The Hall–Kier alpha value is -3.16. The Morgan fingerprint density at radius 3 is 2.25 bits per heavy atom. The zero-order valence-corrected chi connectivity index (χ0v) is 12.7. The van der Waals surface area contributed by atoms with E-state index in [2.05, 4.69) is 0 Å². The summed E-state index contributed by atoms with van der Waals surface area (Å²) in [5.74, 6) is -0.243. The van der Waals surface area contributed by atoms with Crippen molar-refractivity contribution < 1.29 is 14.6 Å². The zero-order valence-electron chi connectivity index (χ0n) is 12.7. The van der Waals surface area contributed by atoms with Gasteiger partial charge in [0.15, 0.2) is 0 Å². The van der Waals surface area contributed by atoms with Gasteiger partial charge in [-0.2, -0.15) is 5.26 Å². The molecule has 2 N–H and O–H groups in total. The number of nitrogens with zero attached hydrogens (tertiary/aromatic N) is 1. The summed E-state index contributed by atoms with van der Waals surface area (Å²) in [5, 5.41) is 28.5. The Morgan fingerprint density at radius 1 is 0.875 bits per heavy atom. The van der Waals surface area contributed by atoms with Crippen molar-refractivity contribution in [3.05, 3.63) is 77.6 Å². The molecule has 0 atom stereocenters. The van der Waals surface area contributed by atoms with E-state index in [-0.39, 0.29) is 18.2 Å². The third-order valence-corrected chi connectivity index (χ3v) is 3.85. The second-order valence-corrected chi connectivity index (χ2v) is 5.38. The summed E-state index contributed by atoms with van der Waals surface area (Å²) in [5.41, 5.74) is 4.08. The van der Waals surface area contributed by atoms with Crippen LogP contribution in [0.5, 0.6) is 5.75 Å². The number of nitriles is 1. The van der Waals surface area contributed by atoms with Crippen LogP contribution in [0, 0.1) is 17.1 Å². The highest BCUT2D eigenvalue weighted by atomic mass is 19.1. The standard InChI is InChI=1S/C20H14FNO2/c21-16-4-2-14(3-5-16)20-10-17(24)6-8-19(20)18-7-1-13(11-22)9-15(18)12-23/h1-10,23-24H,12H2. The van der Waals surface area contributed by atoms with E-state index < -0.39 is 0 Å². The van der Waals surface area contributed by atoms with Gasteiger partial charge in [0.25, 0.3) is 0 Å². The molecule has 3 rings (SSSR count). The zero-order chi connectivity index (χ0) is 17.1. The van der Waals surface area contributed by atoms with E-state index in [1.807, 2.05) is 6.07 Å². The van der Waals surface area contributed by atoms with E-state index in [0.717, 1.165) is 22.3 Å². The highest BCUT2D eigenvalue weighted by Gasteiger charge is 2.13. The normalized spacial score (nSPS) is 10.4. The molecule has 24 heavy (non-hydrogen) atoms. The second kappa shape index (κ2) is 6.53. The maximum Gasteiger partial charge on any atom is 0.123 e. The molecule has 3 aromatic rings. The largest absolute Gasteiger partial charge is 0.508 e. The van der Waals surface area contributed by atoms with Gasteiger partial charge in [0, 0.05) is 0 Å². The molecule has 0 aliphatic rings. The first kappa shape index (κ1) is 15.7. The minimum absolute atomic E-state index is 0.0947. The van der Waals surface area contributed by atoms with Crippen LogP contribution in [-0.2, 0) is 6.61 Å². The molecule has 0 saturated carbocycles. The van der Waals surface area contributed by atoms with Gasteiger partial charge in [-0.1, -0.05) is 24.3 Å². The van der Waals surface area contributed by atoms with Crippen molar-refractivity contribution in [3.8, 4) is 34.1 Å². The van der Waals surface area contributed by atoms with Crippen LogP contribution in [0.4, 0.5) is 4.39 Å². The van der Waals surface area contributed by atoms with Crippen molar-refractivity contribution in [2.45, 2.75) is 6.61 Å². The van der Waals surface area contributed by atoms with Crippen LogP contribution >= 0.6 is 0 Å². The number of aromatic hydroxyl groups is 1. The Labute approximate surface area is 138 Å². The molecule has 0 amide bonds. The average molecular weight is 319 g/mol. The van der Waals surface area contributed by atoms with E-state index in [4.69, 9.17) is 5.26 Å². The number of rotatable bonds is 3. The van der Waals surface area contributed by atoms with Gasteiger partial charge < -0.3 is 10.2 Å². The van der Waals surface area contributed by atoms with Crippen LogP contribution in [0.25, 0.3) is 22.3 Å². The molecule has 0 saturated heterocycles. The predicted octanol–water partition coefficient (Wildman–Crippen LogP) is 4.23. The van der Waals surface area contributed by atoms with Crippen molar-refractivity contribution >= 4 is 0 Å². The molecule has 118 valence electrons. The summed E-state index contributed by atoms with van der Waals surface area (Å²) in [7, 11) is 0. The van der Waals surface area contributed by atoms with Crippen LogP contribution in [-0.4, -0.2) is 10.2 Å². The fourth-order valence-corrected chi connectivity index (χ4v) is 2.69. The number of benzene rings is 3. The first-order valence-corrected chi connectivity index (χ1v) is 7.35. The van der Waals surface area contributed by atoms with Gasteiger partial charge in [-0.3, -0.25) is 0 Å². The molecule has 0 radical (unpaired) electrons. The van der Waals surface area contributed by atoms with Gasteiger partial charge in [0.2, 0.25) is 0 Å². The SMILES string of the molecule is N#Cc1ccc(-c2ccc(O)cc2-c2ccc(F)cc2)c(CO)c1. The van der Waals surface area contributed by atoms with Gasteiger partial charge in [0.1, 0.15) is 11.6 Å². The first-order valence-electron chi connectivity index (χ1n) is 7.35. The molecule has 0 aliphatic carbocycles. The quantitative estimate of drug-likeness (QED) is 0.759. The van der Waals surface area contributed by atoms with Crippen molar-refractivity contribution in [3.63, 3.8) is 0 Å². The molecule has 0 fully saturated rings. The lowest BCUT2D eigenvalue weighted by Crippen LogP contribution is -1.93. The smallest absolute Gasteiger partial charge is 0.123 e. The van der Waals surface area contributed by atoms with E-state index >= 15 is 0 Å². The topological polar surface area (TPSA) is 64.2 Å². The molecular formula is C20H14FNO2. The van der Waals surface area contributed by atoms with Crippen molar-refractivity contribution in [2.75, 3.05) is 0 Å². The van der Waals surface area contributed by atoms with Gasteiger partial charge in [0.05, 0.1) is 18.2 Å². The van der Waals surface area contributed by atoms with E-state index in [9.17, 15) is 14.6 Å². The number of aliphatic hydroxyl groups excluding tert-OH is 1. The summed E-state index contributed by atoms with van der Waals surface area (Å²) < 4.78 is 13.2. The third-order valence-electron chi connectivity index (χ3n) is 3.85. The lowest BCUT2D eigenvalue weighted by Gasteiger charge is -2.14. The number of phenolic OH excluding ortho intramolecular Hbond substituents is 1. The minimum atomic E-state index is -0.338. The third kappa shape index (κ3) is 2.98. The van der Waals surface area contributed by atoms with Crippen LogP contribution in [0.1, 0.15) is 11.1 Å². The number of halogens is 1. The van der Waals surface area contributed by atoms with Crippen LogP contribution in [0.2, 0.25) is 0 Å². The molecule has 3 nitrogen and oxygen atoms in total. The van der Waals surface area contributed by atoms with Gasteiger partial charge in [-0.25, -0.2) is 4.39 Å². The van der Waals surface area contributed by atoms with Crippen molar-refractivity contribution in [1.29, 1.82) is 5.26 Å². The summed E-state index contributed by atoms with van der Waals surface area (Å²) in [6.45, 7) is -0.214. The maximum atomic E-state index is 13.2. The fourth-order valence-electron chi connectivity index (χ4n) is 2.69. The number of hydrogen-bond donors (Lipinski definition) is 2. The summed E-state index contributed by atoms with van der Waals surface area (Å²) in [6, 6.07) is 18.0. The number of hydrogen-bond acceptors (Lipinski definition) is 3. The molecule has 0 aromatic heterocycles. The lowest BCUT2D eigenvalue weighted by molar-refractivity contribution is 0.282. The molecule has 0 unspecified atom stereocenters.